The molecule has 0 aliphatic heterocycles. The summed E-state index contributed by atoms with van der Waals surface area (Å²) in [5, 5.41) is 12.1. The van der Waals surface area contributed by atoms with Crippen LogP contribution < -0.4 is 5.32 Å². The molecule has 3 heterocycles. The van der Waals surface area contributed by atoms with Gasteiger partial charge in [0.1, 0.15) is 0 Å². The Hall–Kier alpha value is -1.96. The maximum atomic E-state index is 11.7. The molecular formula is C13H8ClN3O2S2. The van der Waals surface area contributed by atoms with Crippen LogP contribution in [0.25, 0.3) is 16.8 Å². The first-order valence-corrected chi connectivity index (χ1v) is 7.90. The Morgan fingerprint density at radius 3 is 2.95 bits per heavy atom. The predicted octanol–water partition coefficient (Wildman–Crippen LogP) is 4.16. The minimum atomic E-state index is -0.331. The Kier molecular flexibility index (Phi) is 4.14. The van der Waals surface area contributed by atoms with Crippen molar-refractivity contribution in [1.29, 1.82) is 0 Å². The van der Waals surface area contributed by atoms with E-state index < -0.39 is 0 Å². The lowest BCUT2D eigenvalue weighted by molar-refractivity contribution is -0.112. The van der Waals surface area contributed by atoms with E-state index in [1.807, 2.05) is 17.5 Å². The second kappa shape index (κ2) is 6.21. The molecule has 3 rings (SSSR count). The van der Waals surface area contributed by atoms with Gasteiger partial charge in [-0.3, -0.25) is 10.1 Å². The Labute approximate surface area is 132 Å². The second-order valence-corrected chi connectivity index (χ2v) is 6.55. The van der Waals surface area contributed by atoms with Gasteiger partial charge in [0.2, 0.25) is 0 Å². The fraction of sp³-hybridized carbons (Fsp3) is 0. The number of hydrogen-bond donors (Lipinski definition) is 1. The summed E-state index contributed by atoms with van der Waals surface area (Å²) in [6.45, 7) is 0. The Morgan fingerprint density at radius 1 is 1.33 bits per heavy atom. The summed E-state index contributed by atoms with van der Waals surface area (Å²) in [6, 6.07) is 7.41. The van der Waals surface area contributed by atoms with Crippen molar-refractivity contribution in [3.63, 3.8) is 0 Å². The lowest BCUT2D eigenvalue weighted by Gasteiger charge is -1.93. The van der Waals surface area contributed by atoms with Gasteiger partial charge in [-0.15, -0.1) is 27.8 Å². The van der Waals surface area contributed by atoms with Gasteiger partial charge in [0.05, 0.1) is 9.21 Å². The van der Waals surface area contributed by atoms with Crippen LogP contribution >= 0.6 is 34.3 Å². The third kappa shape index (κ3) is 3.57. The van der Waals surface area contributed by atoms with Crippen LogP contribution in [0, 0.1) is 0 Å². The van der Waals surface area contributed by atoms with Crippen LogP contribution in [0.15, 0.2) is 40.1 Å². The van der Waals surface area contributed by atoms with Crippen molar-refractivity contribution >= 4 is 52.3 Å². The number of thiophene rings is 2. The standard InChI is InChI=1S/C13H8ClN3O2S2/c14-10-5-4-9(21-10)12-16-17-13(19-12)15-11(18)6-3-8-2-1-7-20-8/h1-7H,(H,15,17,18). The van der Waals surface area contributed by atoms with Gasteiger partial charge >= 0.3 is 6.01 Å². The van der Waals surface area contributed by atoms with Crippen molar-refractivity contribution in [2.45, 2.75) is 0 Å². The highest BCUT2D eigenvalue weighted by atomic mass is 35.5. The predicted molar refractivity (Wildman–Crippen MR) is 84.6 cm³/mol. The lowest BCUT2D eigenvalue weighted by atomic mass is 10.4. The zero-order valence-electron chi connectivity index (χ0n) is 10.4. The van der Waals surface area contributed by atoms with E-state index in [-0.39, 0.29) is 11.9 Å². The molecular weight excluding hydrogens is 330 g/mol. The van der Waals surface area contributed by atoms with Gasteiger partial charge in [0, 0.05) is 11.0 Å². The molecule has 0 unspecified atom stereocenters. The van der Waals surface area contributed by atoms with E-state index in [0.29, 0.717) is 10.2 Å². The van der Waals surface area contributed by atoms with Crippen LogP contribution in [-0.2, 0) is 4.79 Å². The average molecular weight is 338 g/mol. The van der Waals surface area contributed by atoms with Crippen molar-refractivity contribution in [3.8, 4) is 10.8 Å². The smallest absolute Gasteiger partial charge is 0.322 e. The summed E-state index contributed by atoms with van der Waals surface area (Å²) in [5.74, 6) is -0.00718. The van der Waals surface area contributed by atoms with Crippen LogP contribution in [0.5, 0.6) is 0 Å². The summed E-state index contributed by atoms with van der Waals surface area (Å²) in [4.78, 5) is 13.5. The molecule has 0 bridgehead atoms. The van der Waals surface area contributed by atoms with Crippen LogP contribution in [0.4, 0.5) is 6.01 Å². The lowest BCUT2D eigenvalue weighted by Crippen LogP contribution is -2.07. The molecule has 21 heavy (non-hydrogen) atoms. The van der Waals surface area contributed by atoms with Gasteiger partial charge in [-0.25, -0.2) is 0 Å². The Balaban J connectivity index is 1.65. The number of anilines is 1. The van der Waals surface area contributed by atoms with E-state index in [2.05, 4.69) is 15.5 Å². The summed E-state index contributed by atoms with van der Waals surface area (Å²) < 4.78 is 5.99. The number of rotatable bonds is 4. The van der Waals surface area contributed by atoms with Gasteiger partial charge in [-0.1, -0.05) is 22.8 Å². The molecule has 3 aromatic rings. The quantitative estimate of drug-likeness (QED) is 0.726. The number of halogens is 1. The monoisotopic (exact) mass is 337 g/mol. The van der Waals surface area contributed by atoms with Gasteiger partial charge in [0.15, 0.2) is 0 Å². The topological polar surface area (TPSA) is 68.0 Å². The Bertz CT molecular complexity index is 777. The number of amides is 1. The van der Waals surface area contributed by atoms with Gasteiger partial charge in [-0.2, -0.15) is 0 Å². The molecule has 0 fully saturated rings. The maximum absolute atomic E-state index is 11.7. The summed E-state index contributed by atoms with van der Waals surface area (Å²) in [5.41, 5.74) is 0. The highest BCUT2D eigenvalue weighted by Gasteiger charge is 2.11. The average Bonchev–Trinajstić information content (AvgIpc) is 3.17. The number of hydrogen-bond acceptors (Lipinski definition) is 6. The molecule has 0 aromatic carbocycles. The van der Waals surface area contributed by atoms with Crippen molar-refractivity contribution in [2.24, 2.45) is 0 Å². The van der Waals surface area contributed by atoms with E-state index in [0.717, 1.165) is 9.75 Å². The van der Waals surface area contributed by atoms with Crippen molar-refractivity contribution in [2.75, 3.05) is 5.32 Å². The number of aromatic nitrogens is 2. The molecule has 0 atom stereocenters. The first kappa shape index (κ1) is 14.0. The highest BCUT2D eigenvalue weighted by molar-refractivity contribution is 7.19. The van der Waals surface area contributed by atoms with Crippen LogP contribution in [0.3, 0.4) is 0 Å². The van der Waals surface area contributed by atoms with Crippen molar-refractivity contribution in [1.82, 2.24) is 10.2 Å². The Morgan fingerprint density at radius 2 is 2.24 bits per heavy atom. The molecule has 3 aromatic heterocycles. The third-order valence-electron chi connectivity index (χ3n) is 2.38. The minimum Gasteiger partial charge on any atom is -0.402 e. The normalized spacial score (nSPS) is 11.1. The first-order valence-electron chi connectivity index (χ1n) is 5.82. The highest BCUT2D eigenvalue weighted by Crippen LogP contribution is 2.30. The number of carbonyl (C=O) groups is 1. The summed E-state index contributed by atoms with van der Waals surface area (Å²) >= 11 is 8.71. The molecule has 1 amide bonds. The van der Waals surface area contributed by atoms with E-state index in [1.165, 1.54) is 17.4 Å². The van der Waals surface area contributed by atoms with Crippen LogP contribution in [-0.4, -0.2) is 16.1 Å². The first-order chi connectivity index (χ1) is 10.2. The molecule has 0 aliphatic rings. The number of nitrogens with one attached hydrogen (secondary N) is 1. The zero-order valence-corrected chi connectivity index (χ0v) is 12.8. The molecule has 5 nitrogen and oxygen atoms in total. The fourth-order valence-corrected chi connectivity index (χ4v) is 3.08. The summed E-state index contributed by atoms with van der Waals surface area (Å²) in [6.07, 6.45) is 3.13. The van der Waals surface area contributed by atoms with Crippen LogP contribution in [0.2, 0.25) is 4.34 Å². The van der Waals surface area contributed by atoms with Gasteiger partial charge < -0.3 is 4.42 Å². The van der Waals surface area contributed by atoms with Crippen molar-refractivity contribution < 1.29 is 9.21 Å². The third-order valence-corrected chi connectivity index (χ3v) is 4.44. The molecule has 0 saturated carbocycles. The SMILES string of the molecule is O=C(C=Cc1cccs1)Nc1nnc(-c2ccc(Cl)s2)o1. The number of carbonyl (C=O) groups excluding carboxylic acids is 1. The molecule has 8 heteroatoms. The van der Waals surface area contributed by atoms with E-state index >= 15 is 0 Å². The van der Waals surface area contributed by atoms with E-state index in [9.17, 15) is 4.79 Å². The molecule has 0 spiro atoms. The molecule has 0 saturated heterocycles. The van der Waals surface area contributed by atoms with Gasteiger partial charge in [-0.05, 0) is 29.7 Å². The van der Waals surface area contributed by atoms with E-state index in [4.69, 9.17) is 16.0 Å². The largest absolute Gasteiger partial charge is 0.402 e. The van der Waals surface area contributed by atoms with E-state index in [1.54, 1.807) is 29.5 Å². The van der Waals surface area contributed by atoms with Crippen LogP contribution in [0.1, 0.15) is 4.88 Å². The zero-order chi connectivity index (χ0) is 14.7. The summed E-state index contributed by atoms with van der Waals surface area (Å²) in [7, 11) is 0. The molecule has 106 valence electrons. The number of nitrogens with zero attached hydrogens (tertiary/aromatic N) is 2. The molecule has 0 radical (unpaired) electrons. The van der Waals surface area contributed by atoms with Crippen molar-refractivity contribution in [3.05, 3.63) is 44.9 Å². The van der Waals surface area contributed by atoms with Gasteiger partial charge in [0.25, 0.3) is 11.8 Å². The minimum absolute atomic E-state index is 0.0513. The molecule has 0 aliphatic carbocycles. The second-order valence-electron chi connectivity index (χ2n) is 3.85. The molecule has 1 N–H and O–H groups in total. The fourth-order valence-electron chi connectivity index (χ4n) is 1.49. The maximum Gasteiger partial charge on any atom is 0.322 e.